The zero-order valence-corrected chi connectivity index (χ0v) is 9.80. The first-order valence-corrected chi connectivity index (χ1v) is 6.01. The summed E-state index contributed by atoms with van der Waals surface area (Å²) in [6, 6.07) is 8.70. The van der Waals surface area contributed by atoms with E-state index in [9.17, 15) is 9.50 Å². The molecule has 0 aliphatic heterocycles. The monoisotopic (exact) mass is 236 g/mol. The molecular weight excluding hydrogens is 223 g/mol. The van der Waals surface area contributed by atoms with Crippen LogP contribution in [0.25, 0.3) is 0 Å². The molecule has 1 heterocycles. The average molecular weight is 236 g/mol. The molecule has 0 amide bonds. The minimum absolute atomic E-state index is 0.230. The molecule has 3 heteroatoms. The van der Waals surface area contributed by atoms with Gasteiger partial charge in [0.05, 0.1) is 6.10 Å². The number of rotatable bonds is 3. The molecule has 0 fully saturated rings. The fourth-order valence-corrected chi connectivity index (χ4v) is 2.36. The lowest BCUT2D eigenvalue weighted by Gasteiger charge is -2.10. The second kappa shape index (κ2) is 4.76. The molecule has 1 aromatic heterocycles. The van der Waals surface area contributed by atoms with Crippen molar-refractivity contribution in [3.05, 3.63) is 57.5 Å². The molecule has 1 atom stereocenters. The second-order valence-corrected chi connectivity index (χ2v) is 4.84. The van der Waals surface area contributed by atoms with Crippen LogP contribution < -0.4 is 0 Å². The Hall–Kier alpha value is -1.19. The first-order chi connectivity index (χ1) is 7.66. The van der Waals surface area contributed by atoms with Crippen LogP contribution in [0.15, 0.2) is 35.7 Å². The van der Waals surface area contributed by atoms with Gasteiger partial charge in [-0.15, -0.1) is 11.3 Å². The molecule has 1 nitrogen and oxygen atoms in total. The highest BCUT2D eigenvalue weighted by Gasteiger charge is 2.10. The molecule has 1 N–H and O–H groups in total. The predicted molar refractivity (Wildman–Crippen MR) is 64.1 cm³/mol. The fourth-order valence-electron chi connectivity index (χ4n) is 1.61. The lowest BCUT2D eigenvalue weighted by atomic mass is 10.0. The number of thiophene rings is 1. The summed E-state index contributed by atoms with van der Waals surface area (Å²) in [5.41, 5.74) is 1.34. The van der Waals surface area contributed by atoms with E-state index >= 15 is 0 Å². The summed E-state index contributed by atoms with van der Waals surface area (Å²) in [6.07, 6.45) is 0.0286. The summed E-state index contributed by atoms with van der Waals surface area (Å²) < 4.78 is 13.1. The van der Waals surface area contributed by atoms with Crippen molar-refractivity contribution in [2.24, 2.45) is 0 Å². The first-order valence-electron chi connectivity index (χ1n) is 5.13. The van der Waals surface area contributed by atoms with E-state index in [-0.39, 0.29) is 5.82 Å². The van der Waals surface area contributed by atoms with Crippen molar-refractivity contribution in [2.45, 2.75) is 19.4 Å². The maximum absolute atomic E-state index is 13.1. The van der Waals surface area contributed by atoms with Crippen LogP contribution in [0.3, 0.4) is 0 Å². The van der Waals surface area contributed by atoms with Crippen LogP contribution in [0.2, 0.25) is 0 Å². The molecule has 16 heavy (non-hydrogen) atoms. The highest BCUT2D eigenvalue weighted by Crippen LogP contribution is 2.22. The van der Waals surface area contributed by atoms with Gasteiger partial charge in [-0.2, -0.15) is 0 Å². The number of aryl methyl sites for hydroxylation is 1. The summed E-state index contributed by atoms with van der Waals surface area (Å²) in [4.78, 5) is 1.13. The van der Waals surface area contributed by atoms with E-state index in [2.05, 4.69) is 0 Å². The maximum atomic E-state index is 13.1. The van der Waals surface area contributed by atoms with Crippen LogP contribution in [-0.4, -0.2) is 5.11 Å². The molecule has 84 valence electrons. The third-order valence-electron chi connectivity index (χ3n) is 2.54. The Balaban J connectivity index is 2.14. The van der Waals surface area contributed by atoms with Gasteiger partial charge in [0.1, 0.15) is 5.82 Å². The summed E-state index contributed by atoms with van der Waals surface area (Å²) >= 11 is 1.62. The molecule has 2 aromatic rings. The van der Waals surface area contributed by atoms with Crippen molar-refractivity contribution < 1.29 is 9.50 Å². The van der Waals surface area contributed by atoms with Gasteiger partial charge in [-0.1, -0.05) is 18.2 Å². The van der Waals surface area contributed by atoms with Crippen molar-refractivity contribution in [2.75, 3.05) is 0 Å². The van der Waals surface area contributed by atoms with Crippen LogP contribution in [0.1, 0.15) is 22.1 Å². The third kappa shape index (κ3) is 2.49. The van der Waals surface area contributed by atoms with E-state index in [1.165, 1.54) is 6.07 Å². The fraction of sp³-hybridized carbons (Fsp3) is 0.231. The number of benzene rings is 1. The summed E-state index contributed by atoms with van der Waals surface area (Å²) in [7, 11) is 0. The van der Waals surface area contributed by atoms with Gasteiger partial charge in [0, 0.05) is 11.3 Å². The summed E-state index contributed by atoms with van der Waals surface area (Å²) in [5.74, 6) is -0.230. The molecule has 0 saturated heterocycles. The van der Waals surface area contributed by atoms with Gasteiger partial charge in [0.25, 0.3) is 0 Å². The molecular formula is C13H13FOS. The molecule has 1 aromatic carbocycles. The van der Waals surface area contributed by atoms with Crippen LogP contribution >= 0.6 is 11.3 Å². The van der Waals surface area contributed by atoms with Crippen molar-refractivity contribution in [1.29, 1.82) is 0 Å². The normalized spacial score (nSPS) is 12.7. The Labute approximate surface area is 98.2 Å². The Morgan fingerprint density at radius 1 is 1.38 bits per heavy atom. The van der Waals surface area contributed by atoms with E-state index in [0.29, 0.717) is 12.0 Å². The van der Waals surface area contributed by atoms with Gasteiger partial charge in [-0.3, -0.25) is 0 Å². The number of aliphatic hydroxyl groups excluding tert-OH is 1. The number of aliphatic hydroxyl groups is 1. The largest absolute Gasteiger partial charge is 0.388 e. The second-order valence-electron chi connectivity index (χ2n) is 3.81. The van der Waals surface area contributed by atoms with Gasteiger partial charge >= 0.3 is 0 Å². The average Bonchev–Trinajstić information content (AvgIpc) is 2.74. The van der Waals surface area contributed by atoms with Crippen molar-refractivity contribution in [1.82, 2.24) is 0 Å². The maximum Gasteiger partial charge on any atom is 0.126 e. The Morgan fingerprint density at radius 3 is 2.81 bits per heavy atom. The van der Waals surface area contributed by atoms with E-state index in [0.717, 1.165) is 10.4 Å². The number of halogens is 1. The Morgan fingerprint density at radius 2 is 2.19 bits per heavy atom. The van der Waals surface area contributed by atoms with Gasteiger partial charge in [0.15, 0.2) is 0 Å². The molecule has 2 rings (SSSR count). The van der Waals surface area contributed by atoms with Crippen molar-refractivity contribution in [3.8, 4) is 0 Å². The molecule has 0 saturated carbocycles. The van der Waals surface area contributed by atoms with Crippen LogP contribution in [0.5, 0.6) is 0 Å². The zero-order chi connectivity index (χ0) is 11.5. The van der Waals surface area contributed by atoms with Crippen molar-refractivity contribution in [3.63, 3.8) is 0 Å². The van der Waals surface area contributed by atoms with Crippen LogP contribution in [0, 0.1) is 12.7 Å². The zero-order valence-electron chi connectivity index (χ0n) is 8.98. The number of hydrogen-bond acceptors (Lipinski definition) is 2. The minimum atomic E-state index is -0.557. The highest BCUT2D eigenvalue weighted by atomic mass is 32.1. The van der Waals surface area contributed by atoms with Gasteiger partial charge < -0.3 is 5.11 Å². The quantitative estimate of drug-likeness (QED) is 0.865. The van der Waals surface area contributed by atoms with Crippen LogP contribution in [0.4, 0.5) is 4.39 Å². The van der Waals surface area contributed by atoms with E-state index in [4.69, 9.17) is 0 Å². The minimum Gasteiger partial charge on any atom is -0.388 e. The Kier molecular flexibility index (Phi) is 3.36. The van der Waals surface area contributed by atoms with Crippen molar-refractivity contribution >= 4 is 11.3 Å². The molecule has 0 spiro atoms. The predicted octanol–water partition coefficient (Wildman–Crippen LogP) is 3.47. The molecule has 0 bridgehead atoms. The summed E-state index contributed by atoms with van der Waals surface area (Å²) in [6.45, 7) is 1.71. The third-order valence-corrected chi connectivity index (χ3v) is 3.44. The topological polar surface area (TPSA) is 20.2 Å². The molecule has 0 aliphatic carbocycles. The standard InChI is InChI=1S/C13H13FOS/c1-9-7-10(4-5-12(9)14)13(15)8-11-3-2-6-16-11/h2-7,13,15H,8H2,1H3. The smallest absolute Gasteiger partial charge is 0.126 e. The SMILES string of the molecule is Cc1cc(C(O)Cc2cccs2)ccc1F. The van der Waals surface area contributed by atoms with Gasteiger partial charge in [-0.25, -0.2) is 4.39 Å². The first kappa shape index (κ1) is 11.3. The molecule has 1 unspecified atom stereocenters. The number of hydrogen-bond donors (Lipinski definition) is 1. The Bertz CT molecular complexity index is 465. The molecule has 0 radical (unpaired) electrons. The lowest BCUT2D eigenvalue weighted by molar-refractivity contribution is 0.179. The molecule has 0 aliphatic rings. The summed E-state index contributed by atoms with van der Waals surface area (Å²) in [5, 5.41) is 12.0. The van der Waals surface area contributed by atoms with Gasteiger partial charge in [-0.05, 0) is 35.6 Å². The lowest BCUT2D eigenvalue weighted by Crippen LogP contribution is -2.01. The van der Waals surface area contributed by atoms with Gasteiger partial charge in [0.2, 0.25) is 0 Å². The van der Waals surface area contributed by atoms with E-state index in [1.54, 1.807) is 30.4 Å². The van der Waals surface area contributed by atoms with E-state index in [1.807, 2.05) is 17.5 Å². The van der Waals surface area contributed by atoms with Crippen LogP contribution in [-0.2, 0) is 6.42 Å². The highest BCUT2D eigenvalue weighted by molar-refractivity contribution is 7.09. The van der Waals surface area contributed by atoms with E-state index < -0.39 is 6.10 Å².